The number of thiophene rings is 1. The number of anilines is 1. The maximum absolute atomic E-state index is 12.4. The van der Waals surface area contributed by atoms with Gasteiger partial charge in [-0.15, -0.1) is 11.3 Å². The number of amides is 1. The van der Waals surface area contributed by atoms with Gasteiger partial charge in [-0.3, -0.25) is 14.5 Å². The summed E-state index contributed by atoms with van der Waals surface area (Å²) in [7, 11) is 0. The molecule has 20 heavy (non-hydrogen) atoms. The molecule has 0 bridgehead atoms. The number of halogens is 2. The van der Waals surface area contributed by atoms with Gasteiger partial charge in [-0.05, 0) is 36.4 Å². The fraction of sp³-hybridized carbons (Fsp3) is 0.0769. The van der Waals surface area contributed by atoms with Gasteiger partial charge in [0.05, 0.1) is 9.21 Å². The van der Waals surface area contributed by atoms with Crippen molar-refractivity contribution in [2.45, 2.75) is 0 Å². The Morgan fingerprint density at radius 2 is 1.75 bits per heavy atom. The predicted molar refractivity (Wildman–Crippen MR) is 80.1 cm³/mol. The molecule has 0 aliphatic heterocycles. The van der Waals surface area contributed by atoms with Crippen molar-refractivity contribution in [3.63, 3.8) is 0 Å². The van der Waals surface area contributed by atoms with Crippen LogP contribution in [0.3, 0.4) is 0 Å². The molecule has 2 rings (SSSR count). The molecule has 0 saturated heterocycles. The summed E-state index contributed by atoms with van der Waals surface area (Å²) in [5.41, 5.74) is 0.464. The lowest BCUT2D eigenvalue weighted by Gasteiger charge is -2.20. The van der Waals surface area contributed by atoms with Gasteiger partial charge in [0.25, 0.3) is 5.91 Å². The fourth-order valence-corrected chi connectivity index (χ4v) is 2.72. The molecule has 1 aromatic carbocycles. The highest BCUT2D eigenvalue weighted by Gasteiger charge is 2.21. The van der Waals surface area contributed by atoms with Crippen LogP contribution in [0.2, 0.25) is 9.36 Å². The summed E-state index contributed by atoms with van der Waals surface area (Å²) in [4.78, 5) is 24.9. The van der Waals surface area contributed by atoms with E-state index in [0.29, 0.717) is 19.9 Å². The number of hydrogen-bond donors (Lipinski definition) is 1. The largest absolute Gasteiger partial charge is 0.480 e. The van der Waals surface area contributed by atoms with Gasteiger partial charge >= 0.3 is 5.97 Å². The van der Waals surface area contributed by atoms with Crippen molar-refractivity contribution in [2.24, 2.45) is 0 Å². The van der Waals surface area contributed by atoms with Crippen LogP contribution in [0.1, 0.15) is 9.67 Å². The zero-order valence-electron chi connectivity index (χ0n) is 10.0. The van der Waals surface area contributed by atoms with E-state index in [2.05, 4.69) is 0 Å². The standard InChI is InChI=1S/C13H9Cl2NO3S/c14-8-1-3-9(4-2-8)16(7-12(17)18)13(19)10-5-6-11(15)20-10/h1-6H,7H2,(H,17,18). The first-order chi connectivity index (χ1) is 9.47. The topological polar surface area (TPSA) is 57.6 Å². The van der Waals surface area contributed by atoms with E-state index < -0.39 is 18.4 Å². The van der Waals surface area contributed by atoms with E-state index in [1.54, 1.807) is 36.4 Å². The van der Waals surface area contributed by atoms with E-state index in [-0.39, 0.29) is 0 Å². The maximum atomic E-state index is 12.4. The van der Waals surface area contributed by atoms with Gasteiger partial charge in [0.2, 0.25) is 0 Å². The summed E-state index contributed by atoms with van der Waals surface area (Å²) in [6.45, 7) is -0.435. The van der Waals surface area contributed by atoms with Crippen molar-refractivity contribution in [3.05, 3.63) is 50.6 Å². The van der Waals surface area contributed by atoms with Gasteiger partial charge in [-0.25, -0.2) is 0 Å². The second kappa shape index (κ2) is 6.26. The Morgan fingerprint density at radius 3 is 2.25 bits per heavy atom. The Labute approximate surface area is 129 Å². The van der Waals surface area contributed by atoms with E-state index in [9.17, 15) is 9.59 Å². The lowest BCUT2D eigenvalue weighted by atomic mass is 10.2. The van der Waals surface area contributed by atoms with Gasteiger partial charge in [-0.1, -0.05) is 23.2 Å². The number of carbonyl (C=O) groups excluding carboxylic acids is 1. The lowest BCUT2D eigenvalue weighted by Crippen LogP contribution is -2.35. The number of aliphatic carboxylic acids is 1. The molecule has 0 aliphatic carbocycles. The molecular formula is C13H9Cl2NO3S. The molecule has 0 unspecified atom stereocenters. The molecule has 7 heteroatoms. The number of benzene rings is 1. The summed E-state index contributed by atoms with van der Waals surface area (Å²) in [6, 6.07) is 9.55. The average molecular weight is 330 g/mol. The van der Waals surface area contributed by atoms with Crippen LogP contribution in [0, 0.1) is 0 Å². The van der Waals surface area contributed by atoms with Gasteiger partial charge in [-0.2, -0.15) is 0 Å². The highest BCUT2D eigenvalue weighted by molar-refractivity contribution is 7.18. The molecule has 0 saturated carbocycles. The van der Waals surface area contributed by atoms with Gasteiger partial charge in [0.1, 0.15) is 6.54 Å². The minimum atomic E-state index is -1.10. The van der Waals surface area contributed by atoms with Crippen molar-refractivity contribution in [1.82, 2.24) is 0 Å². The Bertz CT molecular complexity index is 639. The summed E-state index contributed by atoms with van der Waals surface area (Å²) in [5, 5.41) is 9.47. The van der Waals surface area contributed by atoms with Gasteiger partial charge in [0.15, 0.2) is 0 Å². The molecule has 0 radical (unpaired) electrons. The van der Waals surface area contributed by atoms with Crippen LogP contribution in [0.4, 0.5) is 5.69 Å². The van der Waals surface area contributed by atoms with Crippen molar-refractivity contribution < 1.29 is 14.7 Å². The van der Waals surface area contributed by atoms with Crippen LogP contribution in [-0.2, 0) is 4.79 Å². The lowest BCUT2D eigenvalue weighted by molar-refractivity contribution is -0.135. The van der Waals surface area contributed by atoms with Crippen molar-refractivity contribution in [3.8, 4) is 0 Å². The van der Waals surface area contributed by atoms with E-state index in [1.807, 2.05) is 0 Å². The van der Waals surface area contributed by atoms with Crippen LogP contribution in [0.15, 0.2) is 36.4 Å². The van der Waals surface area contributed by atoms with Crippen LogP contribution in [-0.4, -0.2) is 23.5 Å². The number of carbonyl (C=O) groups is 2. The normalized spacial score (nSPS) is 10.3. The zero-order chi connectivity index (χ0) is 14.7. The predicted octanol–water partition coefficient (Wildman–Crippen LogP) is 3.79. The van der Waals surface area contributed by atoms with E-state index in [0.717, 1.165) is 11.3 Å². The molecule has 4 nitrogen and oxygen atoms in total. The molecule has 0 atom stereocenters. The second-order valence-electron chi connectivity index (χ2n) is 3.87. The number of carboxylic acid groups (broad SMARTS) is 1. The molecule has 104 valence electrons. The van der Waals surface area contributed by atoms with E-state index in [1.165, 1.54) is 4.90 Å². The Hall–Kier alpha value is -1.56. The molecule has 1 amide bonds. The monoisotopic (exact) mass is 329 g/mol. The quantitative estimate of drug-likeness (QED) is 0.928. The summed E-state index contributed by atoms with van der Waals surface area (Å²) < 4.78 is 0.472. The van der Waals surface area contributed by atoms with E-state index >= 15 is 0 Å². The molecule has 1 aromatic heterocycles. The Morgan fingerprint density at radius 1 is 1.10 bits per heavy atom. The first kappa shape index (κ1) is 14.8. The molecule has 0 spiro atoms. The highest BCUT2D eigenvalue weighted by atomic mass is 35.5. The molecule has 1 heterocycles. The summed E-state index contributed by atoms with van der Waals surface area (Å²) >= 11 is 12.7. The summed E-state index contributed by atoms with van der Waals surface area (Å²) in [5.74, 6) is -1.51. The number of nitrogens with zero attached hydrogens (tertiary/aromatic N) is 1. The number of carboxylic acids is 1. The molecule has 0 aliphatic rings. The number of rotatable bonds is 4. The maximum Gasteiger partial charge on any atom is 0.323 e. The first-order valence-electron chi connectivity index (χ1n) is 5.52. The third-order valence-electron chi connectivity index (χ3n) is 2.46. The minimum Gasteiger partial charge on any atom is -0.480 e. The van der Waals surface area contributed by atoms with Gasteiger partial charge < -0.3 is 5.11 Å². The average Bonchev–Trinajstić information content (AvgIpc) is 2.83. The van der Waals surface area contributed by atoms with Crippen molar-refractivity contribution >= 4 is 52.1 Å². The molecule has 1 N–H and O–H groups in total. The van der Waals surface area contributed by atoms with Crippen molar-refractivity contribution in [1.29, 1.82) is 0 Å². The van der Waals surface area contributed by atoms with Crippen LogP contribution in [0.25, 0.3) is 0 Å². The van der Waals surface area contributed by atoms with Gasteiger partial charge in [0, 0.05) is 10.7 Å². The smallest absolute Gasteiger partial charge is 0.323 e. The fourth-order valence-electron chi connectivity index (χ4n) is 1.60. The Balaban J connectivity index is 2.34. The van der Waals surface area contributed by atoms with E-state index in [4.69, 9.17) is 28.3 Å². The third kappa shape index (κ3) is 3.50. The summed E-state index contributed by atoms with van der Waals surface area (Å²) in [6.07, 6.45) is 0. The van der Waals surface area contributed by atoms with Crippen LogP contribution in [0.5, 0.6) is 0 Å². The second-order valence-corrected chi connectivity index (χ2v) is 6.02. The molecule has 0 fully saturated rings. The Kier molecular flexibility index (Phi) is 4.65. The third-order valence-corrected chi connectivity index (χ3v) is 3.93. The first-order valence-corrected chi connectivity index (χ1v) is 7.09. The SMILES string of the molecule is O=C(O)CN(C(=O)c1ccc(Cl)s1)c1ccc(Cl)cc1. The minimum absolute atomic E-state index is 0.381. The highest BCUT2D eigenvalue weighted by Crippen LogP contribution is 2.25. The van der Waals surface area contributed by atoms with Crippen LogP contribution < -0.4 is 4.90 Å². The van der Waals surface area contributed by atoms with Crippen molar-refractivity contribution in [2.75, 3.05) is 11.4 Å². The molecule has 2 aromatic rings. The van der Waals surface area contributed by atoms with Crippen LogP contribution >= 0.6 is 34.5 Å². The molecular weight excluding hydrogens is 321 g/mol. The number of hydrogen-bond acceptors (Lipinski definition) is 3. The zero-order valence-corrected chi connectivity index (χ0v) is 12.4.